The van der Waals surface area contributed by atoms with Gasteiger partial charge >= 0.3 is 0 Å². The van der Waals surface area contributed by atoms with Crippen LogP contribution in [0.15, 0.2) is 0 Å². The van der Waals surface area contributed by atoms with Crippen molar-refractivity contribution >= 4 is 0 Å². The molecule has 0 amide bonds. The van der Waals surface area contributed by atoms with E-state index in [4.69, 9.17) is 18.9 Å². The predicted octanol–water partition coefficient (Wildman–Crippen LogP) is 1.46. The fourth-order valence-electron chi connectivity index (χ4n) is 1.78. The lowest BCUT2D eigenvalue weighted by atomic mass is 10.1. The summed E-state index contributed by atoms with van der Waals surface area (Å²) in [6.07, 6.45) is 2.91. The molecule has 0 bridgehead atoms. The lowest BCUT2D eigenvalue weighted by molar-refractivity contribution is -0.0281. The van der Waals surface area contributed by atoms with Gasteiger partial charge in [-0.15, -0.1) is 0 Å². The normalized spacial score (nSPS) is 16.8. The molecule has 0 saturated heterocycles. The number of methoxy groups -OCH3 is 1. The maximum atomic E-state index is 5.88. The smallest absolute Gasteiger partial charge is 0.0723 e. The average molecular weight is 289 g/mol. The molecule has 0 aromatic carbocycles. The second-order valence-electron chi connectivity index (χ2n) is 5.55. The van der Waals surface area contributed by atoms with Crippen LogP contribution in [-0.2, 0) is 18.9 Å². The Morgan fingerprint density at radius 3 is 2.10 bits per heavy atom. The molecule has 0 radical (unpaired) electrons. The summed E-state index contributed by atoms with van der Waals surface area (Å²) < 4.78 is 21.5. The minimum atomic E-state index is 0.275. The molecule has 1 fully saturated rings. The molecule has 1 N–H and O–H groups in total. The maximum Gasteiger partial charge on any atom is 0.0723 e. The van der Waals surface area contributed by atoms with Crippen molar-refractivity contribution in [3.8, 4) is 0 Å². The number of nitrogens with one attached hydrogen (secondary N) is 1. The van der Waals surface area contributed by atoms with E-state index in [1.807, 2.05) is 0 Å². The van der Waals surface area contributed by atoms with Gasteiger partial charge in [0.2, 0.25) is 0 Å². The van der Waals surface area contributed by atoms with Gasteiger partial charge in [-0.2, -0.15) is 0 Å². The SMILES string of the molecule is COCCOCCOCCOC(CNC1CC1)C(C)C. The van der Waals surface area contributed by atoms with Gasteiger partial charge in [0, 0.05) is 19.7 Å². The first kappa shape index (κ1) is 17.9. The number of rotatable bonds is 14. The molecule has 5 nitrogen and oxygen atoms in total. The van der Waals surface area contributed by atoms with Crippen molar-refractivity contribution in [1.82, 2.24) is 5.32 Å². The van der Waals surface area contributed by atoms with Crippen LogP contribution in [0.2, 0.25) is 0 Å². The second-order valence-corrected chi connectivity index (χ2v) is 5.55. The second kappa shape index (κ2) is 11.5. The van der Waals surface area contributed by atoms with Crippen molar-refractivity contribution in [3.63, 3.8) is 0 Å². The van der Waals surface area contributed by atoms with E-state index >= 15 is 0 Å². The van der Waals surface area contributed by atoms with Gasteiger partial charge in [0.25, 0.3) is 0 Å². The van der Waals surface area contributed by atoms with Crippen molar-refractivity contribution in [2.24, 2.45) is 5.92 Å². The zero-order valence-corrected chi connectivity index (χ0v) is 13.2. The van der Waals surface area contributed by atoms with E-state index < -0.39 is 0 Å². The summed E-state index contributed by atoms with van der Waals surface area (Å²) in [6, 6.07) is 0.736. The van der Waals surface area contributed by atoms with E-state index in [2.05, 4.69) is 19.2 Å². The van der Waals surface area contributed by atoms with E-state index in [1.165, 1.54) is 12.8 Å². The Morgan fingerprint density at radius 2 is 1.55 bits per heavy atom. The molecule has 1 aliphatic carbocycles. The van der Waals surface area contributed by atoms with Crippen LogP contribution in [-0.4, -0.2) is 65.4 Å². The van der Waals surface area contributed by atoms with Crippen molar-refractivity contribution in [2.45, 2.75) is 38.8 Å². The third-order valence-electron chi connectivity index (χ3n) is 3.29. The van der Waals surface area contributed by atoms with Gasteiger partial charge in [-0.05, 0) is 18.8 Å². The highest BCUT2D eigenvalue weighted by molar-refractivity contribution is 4.82. The molecule has 1 aliphatic rings. The van der Waals surface area contributed by atoms with Crippen LogP contribution in [0.1, 0.15) is 26.7 Å². The summed E-state index contributed by atoms with van der Waals surface area (Å²) in [5, 5.41) is 3.52. The molecule has 5 heteroatoms. The van der Waals surface area contributed by atoms with Crippen LogP contribution in [0.25, 0.3) is 0 Å². The van der Waals surface area contributed by atoms with E-state index in [9.17, 15) is 0 Å². The Bertz CT molecular complexity index is 222. The van der Waals surface area contributed by atoms with E-state index in [1.54, 1.807) is 7.11 Å². The summed E-state index contributed by atoms with van der Waals surface area (Å²) in [4.78, 5) is 0. The summed E-state index contributed by atoms with van der Waals surface area (Å²) in [6.45, 7) is 9.09. The van der Waals surface area contributed by atoms with Crippen LogP contribution in [0.5, 0.6) is 0 Å². The predicted molar refractivity (Wildman–Crippen MR) is 79.1 cm³/mol. The Morgan fingerprint density at radius 1 is 0.950 bits per heavy atom. The molecule has 0 aliphatic heterocycles. The number of ether oxygens (including phenoxy) is 4. The molecule has 120 valence electrons. The van der Waals surface area contributed by atoms with E-state index in [-0.39, 0.29) is 6.10 Å². The molecular weight excluding hydrogens is 258 g/mol. The minimum Gasteiger partial charge on any atom is -0.382 e. The van der Waals surface area contributed by atoms with Crippen molar-refractivity contribution in [2.75, 3.05) is 53.3 Å². The number of hydrogen-bond acceptors (Lipinski definition) is 5. The molecule has 1 atom stereocenters. The first-order valence-electron chi connectivity index (χ1n) is 7.73. The van der Waals surface area contributed by atoms with E-state index in [0.29, 0.717) is 45.6 Å². The highest BCUT2D eigenvalue weighted by atomic mass is 16.6. The summed E-state index contributed by atoms with van der Waals surface area (Å²) in [5.74, 6) is 0.527. The standard InChI is InChI=1S/C15H31NO4/c1-13(2)15(12-16-14-4-5-14)20-11-10-19-9-8-18-7-6-17-3/h13-16H,4-12H2,1-3H3. The zero-order chi connectivity index (χ0) is 14.6. The van der Waals surface area contributed by atoms with Crippen molar-refractivity contribution in [3.05, 3.63) is 0 Å². The Kier molecular flexibility index (Phi) is 10.2. The van der Waals surface area contributed by atoms with Gasteiger partial charge in [0.1, 0.15) is 0 Å². The van der Waals surface area contributed by atoms with Crippen LogP contribution >= 0.6 is 0 Å². The minimum absolute atomic E-state index is 0.275. The molecular formula is C15H31NO4. The highest BCUT2D eigenvalue weighted by Gasteiger charge is 2.23. The van der Waals surface area contributed by atoms with Crippen LogP contribution < -0.4 is 5.32 Å². The van der Waals surface area contributed by atoms with Gasteiger partial charge in [0.05, 0.1) is 45.7 Å². The Labute approximate surface area is 123 Å². The number of hydrogen-bond donors (Lipinski definition) is 1. The fraction of sp³-hybridized carbons (Fsp3) is 1.00. The summed E-state index contributed by atoms with van der Waals surface area (Å²) in [5.41, 5.74) is 0. The molecule has 0 aromatic heterocycles. The van der Waals surface area contributed by atoms with Crippen LogP contribution in [0.3, 0.4) is 0 Å². The average Bonchev–Trinajstić information content (AvgIpc) is 3.24. The molecule has 0 aromatic rings. The molecule has 20 heavy (non-hydrogen) atoms. The Balaban J connectivity index is 1.89. The third kappa shape index (κ3) is 9.66. The molecule has 0 heterocycles. The largest absolute Gasteiger partial charge is 0.382 e. The lowest BCUT2D eigenvalue weighted by Crippen LogP contribution is -2.35. The summed E-state index contributed by atoms with van der Waals surface area (Å²) in [7, 11) is 1.67. The lowest BCUT2D eigenvalue weighted by Gasteiger charge is -2.22. The van der Waals surface area contributed by atoms with Crippen LogP contribution in [0.4, 0.5) is 0 Å². The zero-order valence-electron chi connectivity index (χ0n) is 13.2. The third-order valence-corrected chi connectivity index (χ3v) is 3.29. The highest BCUT2D eigenvalue weighted by Crippen LogP contribution is 2.19. The van der Waals surface area contributed by atoms with Gasteiger partial charge < -0.3 is 24.3 Å². The maximum absolute atomic E-state index is 5.88. The monoisotopic (exact) mass is 289 g/mol. The van der Waals surface area contributed by atoms with Gasteiger partial charge in [0.15, 0.2) is 0 Å². The van der Waals surface area contributed by atoms with Gasteiger partial charge in [-0.3, -0.25) is 0 Å². The molecule has 1 saturated carbocycles. The van der Waals surface area contributed by atoms with Crippen LogP contribution in [0, 0.1) is 5.92 Å². The summed E-state index contributed by atoms with van der Waals surface area (Å²) >= 11 is 0. The first-order chi connectivity index (χ1) is 9.74. The first-order valence-corrected chi connectivity index (χ1v) is 7.73. The van der Waals surface area contributed by atoms with E-state index in [0.717, 1.165) is 12.6 Å². The topological polar surface area (TPSA) is 49.0 Å². The van der Waals surface area contributed by atoms with Gasteiger partial charge in [-0.25, -0.2) is 0 Å². The Hall–Kier alpha value is -0.200. The quantitative estimate of drug-likeness (QED) is 0.491. The fourth-order valence-corrected chi connectivity index (χ4v) is 1.78. The van der Waals surface area contributed by atoms with Gasteiger partial charge in [-0.1, -0.05) is 13.8 Å². The van der Waals surface area contributed by atoms with Crippen molar-refractivity contribution < 1.29 is 18.9 Å². The molecule has 0 spiro atoms. The molecule has 1 rings (SSSR count). The van der Waals surface area contributed by atoms with Crippen molar-refractivity contribution in [1.29, 1.82) is 0 Å². The molecule has 1 unspecified atom stereocenters.